The Morgan fingerprint density at radius 3 is 2.24 bits per heavy atom. The maximum absolute atomic E-state index is 13.1. The first kappa shape index (κ1) is 32.7. The summed E-state index contributed by atoms with van der Waals surface area (Å²) in [4.78, 5) is 43.2. The van der Waals surface area contributed by atoms with Crippen molar-refractivity contribution in [2.24, 2.45) is 0 Å². The number of carboxylic acids is 1. The summed E-state index contributed by atoms with van der Waals surface area (Å²) in [6.07, 6.45) is 0.497. The molecule has 0 aliphatic rings. The van der Waals surface area contributed by atoms with E-state index in [9.17, 15) is 19.5 Å². The van der Waals surface area contributed by atoms with Crippen molar-refractivity contribution in [3.8, 4) is 11.3 Å². The Hall–Kier alpha value is -2.21. The largest absolute Gasteiger partial charge is 0.478 e. The fourth-order valence-electron chi connectivity index (χ4n) is 3.68. The molecule has 1 atom stereocenters. The average molecular weight is 724 g/mol. The molecule has 0 spiro atoms. The van der Waals surface area contributed by atoms with Gasteiger partial charge in [-0.15, -0.1) is 23.1 Å². The number of carbonyl (C=O) groups is 3. The molecule has 0 saturated heterocycles. The first-order chi connectivity index (χ1) is 19.9. The van der Waals surface area contributed by atoms with E-state index in [0.717, 1.165) is 5.56 Å². The molecule has 4 aromatic rings. The fraction of sp³-hybridized carbons (Fsp3) is 0.111. The fourth-order valence-corrected chi connectivity index (χ4v) is 6.73. The third-order valence-electron chi connectivity index (χ3n) is 5.69. The van der Waals surface area contributed by atoms with Crippen LogP contribution in [0.25, 0.3) is 11.3 Å². The van der Waals surface area contributed by atoms with Gasteiger partial charge in [-0.05, 0) is 36.8 Å². The second-order valence-electron chi connectivity index (χ2n) is 8.46. The summed E-state index contributed by atoms with van der Waals surface area (Å²) in [6, 6.07) is 11.8. The van der Waals surface area contributed by atoms with Gasteiger partial charge in [0.05, 0.1) is 52.2 Å². The highest BCUT2D eigenvalue weighted by Crippen LogP contribution is 2.42. The molecule has 2 amide bonds. The minimum atomic E-state index is -1.50. The van der Waals surface area contributed by atoms with Gasteiger partial charge >= 0.3 is 5.97 Å². The zero-order chi connectivity index (χ0) is 30.7. The molecule has 15 heteroatoms. The normalized spacial score (nSPS) is 11.7. The first-order valence-electron chi connectivity index (χ1n) is 11.8. The number of aromatic nitrogens is 1. The molecule has 218 valence electrons. The molecule has 0 aliphatic carbocycles. The van der Waals surface area contributed by atoms with E-state index in [4.69, 9.17) is 69.6 Å². The third kappa shape index (κ3) is 7.29. The van der Waals surface area contributed by atoms with Crippen LogP contribution in [0.2, 0.25) is 30.1 Å². The van der Waals surface area contributed by atoms with E-state index in [0.29, 0.717) is 37.9 Å². The molecule has 0 fully saturated rings. The molecule has 7 nitrogen and oxygen atoms in total. The van der Waals surface area contributed by atoms with Crippen LogP contribution in [0.5, 0.6) is 0 Å². The Bertz CT molecular complexity index is 1720. The molecule has 1 unspecified atom stereocenters. The minimum absolute atomic E-state index is 0.246. The van der Waals surface area contributed by atoms with Crippen molar-refractivity contribution in [3.05, 3.63) is 89.1 Å². The summed E-state index contributed by atoms with van der Waals surface area (Å²) < 4.78 is 0. The zero-order valence-electron chi connectivity index (χ0n) is 21.1. The highest BCUT2D eigenvalue weighted by Gasteiger charge is 2.29. The molecule has 42 heavy (non-hydrogen) atoms. The maximum atomic E-state index is 13.1. The molecule has 0 bridgehead atoms. The SMILES string of the molecule is CCC(Sc1cccc(NC(=O)c2c(Cl)c(Cl)c(Cl)c(Cl)c2C(=O)O)c1)C(=O)Nc1nc(-c2ccc(Cl)c(Cl)c2)cs1. The van der Waals surface area contributed by atoms with Crippen molar-refractivity contribution in [2.75, 3.05) is 10.6 Å². The lowest BCUT2D eigenvalue weighted by Gasteiger charge is -2.16. The number of hydrogen-bond acceptors (Lipinski definition) is 6. The molecule has 0 radical (unpaired) electrons. The number of rotatable bonds is 9. The Labute approximate surface area is 278 Å². The molecule has 0 aliphatic heterocycles. The van der Waals surface area contributed by atoms with E-state index in [1.807, 2.05) is 6.92 Å². The number of halogens is 6. The van der Waals surface area contributed by atoms with Crippen LogP contribution in [-0.4, -0.2) is 33.1 Å². The van der Waals surface area contributed by atoms with Crippen LogP contribution >= 0.6 is 92.7 Å². The maximum Gasteiger partial charge on any atom is 0.338 e. The third-order valence-corrected chi connectivity index (χ3v) is 10.3. The summed E-state index contributed by atoms with van der Waals surface area (Å²) in [5.41, 5.74) is 0.720. The molecule has 1 heterocycles. The van der Waals surface area contributed by atoms with Crippen LogP contribution < -0.4 is 10.6 Å². The second-order valence-corrected chi connectivity index (χ2v) is 12.9. The molecule has 3 N–H and O–H groups in total. The highest BCUT2D eigenvalue weighted by atomic mass is 35.5. The molecule has 1 aromatic heterocycles. The zero-order valence-corrected chi connectivity index (χ0v) is 27.3. The summed E-state index contributed by atoms with van der Waals surface area (Å²) >= 11 is 38.9. The smallest absolute Gasteiger partial charge is 0.338 e. The van der Waals surface area contributed by atoms with Crippen LogP contribution in [0.4, 0.5) is 10.8 Å². The number of amides is 2. The number of benzene rings is 3. The number of aromatic carboxylic acids is 1. The van der Waals surface area contributed by atoms with Crippen molar-refractivity contribution >= 4 is 121 Å². The lowest BCUT2D eigenvalue weighted by molar-refractivity contribution is -0.115. The van der Waals surface area contributed by atoms with Crippen molar-refractivity contribution in [1.82, 2.24) is 4.98 Å². The predicted molar refractivity (Wildman–Crippen MR) is 174 cm³/mol. The van der Waals surface area contributed by atoms with Crippen LogP contribution in [0.3, 0.4) is 0 Å². The number of hydrogen-bond donors (Lipinski definition) is 3. The van der Waals surface area contributed by atoms with E-state index < -0.39 is 33.3 Å². The number of carboxylic acid groups (broad SMARTS) is 1. The van der Waals surface area contributed by atoms with Crippen LogP contribution in [0.15, 0.2) is 52.7 Å². The molecule has 4 rings (SSSR count). The quantitative estimate of drug-likeness (QED) is 0.0901. The van der Waals surface area contributed by atoms with Gasteiger partial charge in [0, 0.05) is 21.5 Å². The van der Waals surface area contributed by atoms with Gasteiger partial charge in [0.2, 0.25) is 5.91 Å². The van der Waals surface area contributed by atoms with E-state index in [-0.39, 0.29) is 21.0 Å². The number of thioether (sulfide) groups is 1. The topological polar surface area (TPSA) is 108 Å². The lowest BCUT2D eigenvalue weighted by Crippen LogP contribution is -2.24. The van der Waals surface area contributed by atoms with Gasteiger partial charge in [0.1, 0.15) is 0 Å². The van der Waals surface area contributed by atoms with Crippen LogP contribution in [-0.2, 0) is 4.79 Å². The highest BCUT2D eigenvalue weighted by molar-refractivity contribution is 8.00. The number of nitrogens with one attached hydrogen (secondary N) is 2. The molecule has 3 aromatic carbocycles. The summed E-state index contributed by atoms with van der Waals surface area (Å²) in [7, 11) is 0. The molecular weight excluding hydrogens is 707 g/mol. The first-order valence-corrected chi connectivity index (χ1v) is 15.8. The van der Waals surface area contributed by atoms with Gasteiger partial charge in [-0.3, -0.25) is 9.59 Å². The Balaban J connectivity index is 1.48. The van der Waals surface area contributed by atoms with Gasteiger partial charge in [-0.25, -0.2) is 9.78 Å². The summed E-state index contributed by atoms with van der Waals surface area (Å²) in [6.45, 7) is 1.87. The number of nitrogens with zero attached hydrogens (tertiary/aromatic N) is 1. The van der Waals surface area contributed by atoms with Gasteiger partial charge in [-0.2, -0.15) is 0 Å². The number of carbonyl (C=O) groups excluding carboxylic acids is 2. The van der Waals surface area contributed by atoms with E-state index in [1.54, 1.807) is 47.8 Å². The monoisotopic (exact) mass is 721 g/mol. The average Bonchev–Trinajstić information content (AvgIpc) is 3.42. The van der Waals surface area contributed by atoms with E-state index >= 15 is 0 Å². The van der Waals surface area contributed by atoms with Gasteiger partial charge < -0.3 is 15.7 Å². The van der Waals surface area contributed by atoms with Gasteiger partial charge in [0.25, 0.3) is 5.91 Å². The van der Waals surface area contributed by atoms with Crippen LogP contribution in [0.1, 0.15) is 34.1 Å². The van der Waals surface area contributed by atoms with E-state index in [1.165, 1.54) is 23.1 Å². The van der Waals surface area contributed by atoms with Crippen LogP contribution in [0, 0.1) is 0 Å². The van der Waals surface area contributed by atoms with Gasteiger partial charge in [0.15, 0.2) is 5.13 Å². The standard InChI is InChI=1S/C27H17Cl6N3O4S2/c1-2-17(24(37)36-27-35-16(10-41-27)11-6-7-14(28)15(29)8-11)42-13-5-3-4-12(9-13)34-25(38)18-19(26(39)40)21(31)23(33)22(32)20(18)30/h3-10,17H,2H2,1H3,(H,34,38)(H,39,40)(H,35,36,37). The second kappa shape index (κ2) is 14.1. The number of anilines is 2. The summed E-state index contributed by atoms with van der Waals surface area (Å²) in [5.74, 6) is -2.61. The van der Waals surface area contributed by atoms with Crippen molar-refractivity contribution in [1.29, 1.82) is 0 Å². The Morgan fingerprint density at radius 2 is 1.60 bits per heavy atom. The van der Waals surface area contributed by atoms with Crippen molar-refractivity contribution in [2.45, 2.75) is 23.5 Å². The molecule has 0 saturated carbocycles. The van der Waals surface area contributed by atoms with Gasteiger partial charge in [-0.1, -0.05) is 88.7 Å². The van der Waals surface area contributed by atoms with Crippen molar-refractivity contribution in [3.63, 3.8) is 0 Å². The Morgan fingerprint density at radius 1 is 0.905 bits per heavy atom. The molecular formula is C27H17Cl6N3O4S2. The lowest BCUT2D eigenvalue weighted by atomic mass is 10.1. The predicted octanol–water partition coefficient (Wildman–Crippen LogP) is 10.2. The Kier molecular flexibility index (Phi) is 10.9. The summed E-state index contributed by atoms with van der Waals surface area (Å²) in [5, 5.41) is 16.4. The van der Waals surface area contributed by atoms with E-state index in [2.05, 4.69) is 15.6 Å². The minimum Gasteiger partial charge on any atom is -0.478 e. The van der Waals surface area contributed by atoms with Crippen molar-refractivity contribution < 1.29 is 19.5 Å². The number of thiazole rings is 1.